The number of hydrogen-bond acceptors (Lipinski definition) is 7. The highest BCUT2D eigenvalue weighted by Gasteiger charge is 2.31. The van der Waals surface area contributed by atoms with E-state index in [0.29, 0.717) is 43.8 Å². The second kappa shape index (κ2) is 6.78. The molecule has 1 aliphatic heterocycles. The third kappa shape index (κ3) is 3.15. The Morgan fingerprint density at radius 2 is 2.04 bits per heavy atom. The van der Waals surface area contributed by atoms with Crippen molar-refractivity contribution in [3.05, 3.63) is 47.8 Å². The van der Waals surface area contributed by atoms with Crippen molar-refractivity contribution in [1.82, 2.24) is 20.0 Å². The molecule has 0 unspecified atom stereocenters. The average Bonchev–Trinajstić information content (AvgIpc) is 3.25. The number of rotatable bonds is 4. The lowest BCUT2D eigenvalue weighted by atomic mass is 10.1. The SMILES string of the molecule is Cc1cc(-c2cnc(N3CCN(C(=O)c4ccco4)CC3)nc2C2CC2)on1. The Morgan fingerprint density at radius 1 is 1.21 bits per heavy atom. The minimum atomic E-state index is -0.0692. The van der Waals surface area contributed by atoms with Gasteiger partial charge in [-0.15, -0.1) is 0 Å². The molecule has 1 aliphatic carbocycles. The van der Waals surface area contributed by atoms with E-state index in [0.717, 1.165) is 35.6 Å². The van der Waals surface area contributed by atoms with Crippen LogP contribution in [-0.2, 0) is 0 Å². The van der Waals surface area contributed by atoms with Gasteiger partial charge in [0.1, 0.15) is 0 Å². The van der Waals surface area contributed by atoms with Crippen molar-refractivity contribution in [3.63, 3.8) is 0 Å². The lowest BCUT2D eigenvalue weighted by Crippen LogP contribution is -2.49. The van der Waals surface area contributed by atoms with Gasteiger partial charge in [0.2, 0.25) is 5.95 Å². The zero-order chi connectivity index (χ0) is 19.1. The fourth-order valence-electron chi connectivity index (χ4n) is 3.55. The van der Waals surface area contributed by atoms with Crippen LogP contribution in [-0.4, -0.2) is 52.1 Å². The summed E-state index contributed by atoms with van der Waals surface area (Å²) in [6.07, 6.45) is 5.65. The number of amides is 1. The van der Waals surface area contributed by atoms with Gasteiger partial charge in [0.25, 0.3) is 5.91 Å². The predicted octanol–water partition coefficient (Wildman–Crippen LogP) is 2.87. The van der Waals surface area contributed by atoms with Crippen molar-refractivity contribution in [2.24, 2.45) is 0 Å². The molecule has 28 heavy (non-hydrogen) atoms. The van der Waals surface area contributed by atoms with Gasteiger partial charge in [-0.1, -0.05) is 5.16 Å². The second-order valence-corrected chi connectivity index (χ2v) is 7.33. The summed E-state index contributed by atoms with van der Waals surface area (Å²) < 4.78 is 10.7. The number of nitrogens with zero attached hydrogens (tertiary/aromatic N) is 5. The molecule has 0 bridgehead atoms. The maximum absolute atomic E-state index is 12.4. The van der Waals surface area contributed by atoms with Gasteiger partial charge in [-0.05, 0) is 31.9 Å². The zero-order valence-corrected chi connectivity index (χ0v) is 15.7. The van der Waals surface area contributed by atoms with Crippen molar-refractivity contribution in [1.29, 1.82) is 0 Å². The van der Waals surface area contributed by atoms with E-state index in [-0.39, 0.29) is 5.91 Å². The first-order valence-electron chi connectivity index (χ1n) is 9.57. The summed E-state index contributed by atoms with van der Waals surface area (Å²) in [5.41, 5.74) is 2.81. The molecule has 0 spiro atoms. The van der Waals surface area contributed by atoms with Crippen molar-refractivity contribution in [2.75, 3.05) is 31.1 Å². The molecule has 5 rings (SSSR count). The van der Waals surface area contributed by atoms with Crippen LogP contribution in [0.4, 0.5) is 5.95 Å². The van der Waals surface area contributed by atoms with Crippen LogP contribution >= 0.6 is 0 Å². The first kappa shape index (κ1) is 17.0. The first-order chi connectivity index (χ1) is 13.7. The van der Waals surface area contributed by atoms with E-state index in [1.165, 1.54) is 6.26 Å². The maximum Gasteiger partial charge on any atom is 0.289 e. The number of carbonyl (C=O) groups is 1. The molecule has 0 N–H and O–H groups in total. The number of carbonyl (C=O) groups excluding carboxylic acids is 1. The highest BCUT2D eigenvalue weighted by Crippen LogP contribution is 2.43. The third-order valence-corrected chi connectivity index (χ3v) is 5.24. The summed E-state index contributed by atoms with van der Waals surface area (Å²) in [5, 5.41) is 3.99. The number of anilines is 1. The number of hydrogen-bond donors (Lipinski definition) is 0. The van der Waals surface area contributed by atoms with Crippen molar-refractivity contribution in [3.8, 4) is 11.3 Å². The van der Waals surface area contributed by atoms with Gasteiger partial charge in [0.15, 0.2) is 11.5 Å². The highest BCUT2D eigenvalue weighted by molar-refractivity contribution is 5.91. The molecule has 4 heterocycles. The van der Waals surface area contributed by atoms with Crippen molar-refractivity contribution >= 4 is 11.9 Å². The van der Waals surface area contributed by atoms with E-state index >= 15 is 0 Å². The molecule has 0 aromatic carbocycles. The fourth-order valence-corrected chi connectivity index (χ4v) is 3.55. The van der Waals surface area contributed by atoms with E-state index in [1.807, 2.05) is 24.1 Å². The van der Waals surface area contributed by atoms with Crippen LogP contribution in [0.2, 0.25) is 0 Å². The average molecular weight is 379 g/mol. The Hall–Kier alpha value is -3.16. The lowest BCUT2D eigenvalue weighted by molar-refractivity contribution is 0.0714. The minimum Gasteiger partial charge on any atom is -0.459 e. The maximum atomic E-state index is 12.4. The van der Waals surface area contributed by atoms with Crippen LogP contribution in [0.5, 0.6) is 0 Å². The number of aromatic nitrogens is 3. The minimum absolute atomic E-state index is 0.0692. The van der Waals surface area contributed by atoms with Crippen LogP contribution in [0.1, 0.15) is 40.7 Å². The lowest BCUT2D eigenvalue weighted by Gasteiger charge is -2.34. The Kier molecular flexibility index (Phi) is 4.11. The largest absolute Gasteiger partial charge is 0.459 e. The first-order valence-corrected chi connectivity index (χ1v) is 9.57. The molecular formula is C20H21N5O3. The van der Waals surface area contributed by atoms with Gasteiger partial charge in [-0.2, -0.15) is 0 Å². The zero-order valence-electron chi connectivity index (χ0n) is 15.7. The summed E-state index contributed by atoms with van der Waals surface area (Å²) in [4.78, 5) is 25.8. The molecule has 3 aromatic heterocycles. The van der Waals surface area contributed by atoms with Gasteiger partial charge >= 0.3 is 0 Å². The van der Waals surface area contributed by atoms with Crippen LogP contribution in [0.3, 0.4) is 0 Å². The Labute approximate surface area is 162 Å². The molecule has 3 aromatic rings. The Bertz CT molecular complexity index is 985. The monoisotopic (exact) mass is 379 g/mol. The van der Waals surface area contributed by atoms with E-state index in [2.05, 4.69) is 15.0 Å². The number of aryl methyl sites for hydroxylation is 1. The fraction of sp³-hybridized carbons (Fsp3) is 0.400. The van der Waals surface area contributed by atoms with E-state index < -0.39 is 0 Å². The summed E-state index contributed by atoms with van der Waals surface area (Å²) in [6, 6.07) is 5.35. The van der Waals surface area contributed by atoms with E-state index in [1.54, 1.807) is 12.1 Å². The van der Waals surface area contributed by atoms with Crippen LogP contribution in [0, 0.1) is 6.92 Å². The normalized spacial score (nSPS) is 17.2. The van der Waals surface area contributed by atoms with E-state index in [9.17, 15) is 4.79 Å². The number of piperazine rings is 1. The summed E-state index contributed by atoms with van der Waals surface area (Å²) in [5.74, 6) is 2.21. The quantitative estimate of drug-likeness (QED) is 0.689. The van der Waals surface area contributed by atoms with Gasteiger partial charge in [0, 0.05) is 44.4 Å². The number of furan rings is 1. The van der Waals surface area contributed by atoms with Crippen LogP contribution in [0.25, 0.3) is 11.3 Å². The molecule has 144 valence electrons. The smallest absolute Gasteiger partial charge is 0.289 e. The molecule has 8 heteroatoms. The van der Waals surface area contributed by atoms with Crippen LogP contribution in [0.15, 0.2) is 39.6 Å². The molecule has 1 saturated carbocycles. The van der Waals surface area contributed by atoms with E-state index in [4.69, 9.17) is 13.9 Å². The summed E-state index contributed by atoms with van der Waals surface area (Å²) >= 11 is 0. The highest BCUT2D eigenvalue weighted by atomic mass is 16.5. The molecule has 0 radical (unpaired) electrons. The molecule has 0 atom stereocenters. The Morgan fingerprint density at radius 3 is 2.68 bits per heavy atom. The van der Waals surface area contributed by atoms with Crippen molar-refractivity contribution < 1.29 is 13.7 Å². The molecule has 1 amide bonds. The van der Waals surface area contributed by atoms with Gasteiger partial charge in [-0.3, -0.25) is 4.79 Å². The predicted molar refractivity (Wildman–Crippen MR) is 101 cm³/mol. The molecular weight excluding hydrogens is 358 g/mol. The van der Waals surface area contributed by atoms with Gasteiger partial charge < -0.3 is 18.7 Å². The van der Waals surface area contributed by atoms with Crippen LogP contribution < -0.4 is 4.90 Å². The third-order valence-electron chi connectivity index (χ3n) is 5.24. The summed E-state index contributed by atoms with van der Waals surface area (Å²) in [7, 11) is 0. The van der Waals surface area contributed by atoms with Gasteiger partial charge in [0.05, 0.1) is 23.2 Å². The molecule has 8 nitrogen and oxygen atoms in total. The van der Waals surface area contributed by atoms with Crippen molar-refractivity contribution in [2.45, 2.75) is 25.7 Å². The van der Waals surface area contributed by atoms with Gasteiger partial charge in [-0.25, -0.2) is 9.97 Å². The molecule has 2 aliphatic rings. The standard InChI is InChI=1S/C20H21N5O3/c1-13-11-17(28-23-13)15-12-21-20(22-18(15)14-4-5-14)25-8-6-24(7-9-25)19(26)16-3-2-10-27-16/h2-3,10-12,14H,4-9H2,1H3. The topological polar surface area (TPSA) is 88.5 Å². The molecule has 2 fully saturated rings. The summed E-state index contributed by atoms with van der Waals surface area (Å²) in [6.45, 7) is 4.52. The Balaban J connectivity index is 1.33. The second-order valence-electron chi connectivity index (χ2n) is 7.33. The molecule has 1 saturated heterocycles.